The molecule has 0 aromatic heterocycles. The van der Waals surface area contributed by atoms with Crippen molar-refractivity contribution in [2.24, 2.45) is 0 Å². The summed E-state index contributed by atoms with van der Waals surface area (Å²) in [5.41, 5.74) is 3.33. The van der Waals surface area contributed by atoms with E-state index in [4.69, 9.17) is 0 Å². The molecule has 4 rings (SSSR count). The molecule has 24 heavy (non-hydrogen) atoms. The molecule has 3 aromatic rings. The predicted octanol–water partition coefficient (Wildman–Crippen LogP) is 5.85. The molecule has 0 amide bonds. The Labute approximate surface area is 146 Å². The average Bonchev–Trinajstić information content (AvgIpc) is 2.59. The number of rotatable bonds is 2. The highest BCUT2D eigenvalue weighted by molar-refractivity contribution is 7.99. The molecule has 1 aliphatic rings. The lowest BCUT2D eigenvalue weighted by molar-refractivity contribution is 0.0792. The molecule has 0 spiro atoms. The Bertz CT molecular complexity index is 853. The highest BCUT2D eigenvalue weighted by Crippen LogP contribution is 2.52. The second kappa shape index (κ2) is 5.69. The lowest BCUT2D eigenvalue weighted by atomic mass is 9.95. The van der Waals surface area contributed by atoms with Gasteiger partial charge in [-0.15, -0.1) is 0 Å². The van der Waals surface area contributed by atoms with Crippen molar-refractivity contribution in [2.45, 2.75) is 29.2 Å². The van der Waals surface area contributed by atoms with E-state index >= 15 is 0 Å². The average molecular weight is 333 g/mol. The third-order valence-corrected chi connectivity index (χ3v) is 5.37. The number of para-hydroxylation sites is 3. The Hall–Kier alpha value is -2.23. The number of hydrogen-bond donors (Lipinski definition) is 1. The standard InChI is InChI=1S/C21H19NOS/c1-21(2,23)15-9-3-4-10-16(15)22-17-11-5-7-13-19(17)24-20-14-8-6-12-18(20)22/h3-14,23H,1-2H3. The largest absolute Gasteiger partial charge is 0.386 e. The van der Waals surface area contributed by atoms with Crippen molar-refractivity contribution in [1.29, 1.82) is 0 Å². The van der Waals surface area contributed by atoms with E-state index in [0.29, 0.717) is 0 Å². The van der Waals surface area contributed by atoms with Crippen LogP contribution in [-0.2, 0) is 5.60 Å². The van der Waals surface area contributed by atoms with Crippen LogP contribution < -0.4 is 4.90 Å². The zero-order chi connectivity index (χ0) is 16.7. The first-order valence-corrected chi connectivity index (χ1v) is 8.85. The van der Waals surface area contributed by atoms with Crippen LogP contribution in [0.3, 0.4) is 0 Å². The molecule has 0 saturated carbocycles. The van der Waals surface area contributed by atoms with Gasteiger partial charge in [0.2, 0.25) is 0 Å². The minimum atomic E-state index is -0.912. The van der Waals surface area contributed by atoms with E-state index in [1.54, 1.807) is 11.8 Å². The maximum Gasteiger partial charge on any atom is 0.0860 e. The lowest BCUT2D eigenvalue weighted by Gasteiger charge is -2.35. The first kappa shape index (κ1) is 15.3. The van der Waals surface area contributed by atoms with E-state index in [9.17, 15) is 5.11 Å². The molecular formula is C21H19NOS. The van der Waals surface area contributed by atoms with Gasteiger partial charge >= 0.3 is 0 Å². The number of nitrogens with zero attached hydrogens (tertiary/aromatic N) is 1. The van der Waals surface area contributed by atoms with Crippen molar-refractivity contribution in [3.63, 3.8) is 0 Å². The zero-order valence-electron chi connectivity index (χ0n) is 13.7. The van der Waals surface area contributed by atoms with Crippen molar-refractivity contribution in [3.8, 4) is 0 Å². The van der Waals surface area contributed by atoms with Gasteiger partial charge in [0, 0.05) is 15.4 Å². The summed E-state index contributed by atoms with van der Waals surface area (Å²) >= 11 is 1.79. The Morgan fingerprint density at radius 3 is 1.71 bits per heavy atom. The van der Waals surface area contributed by atoms with Crippen molar-refractivity contribution in [1.82, 2.24) is 0 Å². The second-order valence-corrected chi connectivity index (χ2v) is 7.53. The van der Waals surface area contributed by atoms with Crippen molar-refractivity contribution in [2.75, 3.05) is 4.90 Å². The maximum atomic E-state index is 10.7. The summed E-state index contributed by atoms with van der Waals surface area (Å²) in [5, 5.41) is 10.7. The van der Waals surface area contributed by atoms with Gasteiger partial charge < -0.3 is 10.0 Å². The van der Waals surface area contributed by atoms with Crippen LogP contribution in [0.5, 0.6) is 0 Å². The minimum Gasteiger partial charge on any atom is -0.386 e. The first-order chi connectivity index (χ1) is 11.6. The molecule has 2 nitrogen and oxygen atoms in total. The van der Waals surface area contributed by atoms with E-state index < -0.39 is 5.60 Å². The predicted molar refractivity (Wildman–Crippen MR) is 100 cm³/mol. The molecular weight excluding hydrogens is 314 g/mol. The third-order valence-electron chi connectivity index (χ3n) is 4.24. The summed E-state index contributed by atoms with van der Waals surface area (Å²) in [5.74, 6) is 0. The van der Waals surface area contributed by atoms with Gasteiger partial charge in [0.1, 0.15) is 0 Å². The molecule has 0 bridgehead atoms. The van der Waals surface area contributed by atoms with Gasteiger partial charge in [-0.2, -0.15) is 0 Å². The Kier molecular flexibility index (Phi) is 3.63. The van der Waals surface area contributed by atoms with Gasteiger partial charge in [0.05, 0.1) is 22.7 Å². The monoisotopic (exact) mass is 333 g/mol. The molecule has 0 atom stereocenters. The summed E-state index contributed by atoms with van der Waals surface area (Å²) < 4.78 is 0. The van der Waals surface area contributed by atoms with Gasteiger partial charge in [0.25, 0.3) is 0 Å². The van der Waals surface area contributed by atoms with Crippen LogP contribution in [0, 0.1) is 0 Å². The summed E-state index contributed by atoms with van der Waals surface area (Å²) in [6.07, 6.45) is 0. The highest BCUT2D eigenvalue weighted by atomic mass is 32.2. The molecule has 120 valence electrons. The van der Waals surface area contributed by atoms with E-state index in [2.05, 4.69) is 59.5 Å². The summed E-state index contributed by atoms with van der Waals surface area (Å²) in [6.45, 7) is 3.67. The Morgan fingerprint density at radius 1 is 0.708 bits per heavy atom. The van der Waals surface area contributed by atoms with Gasteiger partial charge in [-0.25, -0.2) is 0 Å². The van der Waals surface area contributed by atoms with Crippen molar-refractivity contribution in [3.05, 3.63) is 78.4 Å². The van der Waals surface area contributed by atoms with Crippen LogP contribution in [0.4, 0.5) is 17.1 Å². The van der Waals surface area contributed by atoms with E-state index in [-0.39, 0.29) is 0 Å². The fourth-order valence-corrected chi connectivity index (χ4v) is 4.21. The number of aliphatic hydroxyl groups is 1. The van der Waals surface area contributed by atoms with Crippen molar-refractivity contribution >= 4 is 28.8 Å². The van der Waals surface area contributed by atoms with Crippen LogP contribution >= 0.6 is 11.8 Å². The summed E-state index contributed by atoms with van der Waals surface area (Å²) in [7, 11) is 0. The molecule has 0 fully saturated rings. The first-order valence-electron chi connectivity index (χ1n) is 8.03. The van der Waals surface area contributed by atoms with Crippen LogP contribution in [0.1, 0.15) is 19.4 Å². The van der Waals surface area contributed by atoms with Crippen LogP contribution in [-0.4, -0.2) is 5.11 Å². The molecule has 0 radical (unpaired) electrons. The van der Waals surface area contributed by atoms with E-state index in [1.807, 2.05) is 32.0 Å². The van der Waals surface area contributed by atoms with Gasteiger partial charge in [-0.1, -0.05) is 54.2 Å². The molecule has 1 heterocycles. The molecule has 1 N–H and O–H groups in total. The topological polar surface area (TPSA) is 23.5 Å². The fraction of sp³-hybridized carbons (Fsp3) is 0.143. The second-order valence-electron chi connectivity index (χ2n) is 6.45. The van der Waals surface area contributed by atoms with Crippen molar-refractivity contribution < 1.29 is 5.11 Å². The fourth-order valence-electron chi connectivity index (χ4n) is 3.15. The zero-order valence-corrected chi connectivity index (χ0v) is 14.5. The number of fused-ring (bicyclic) bond motifs is 2. The van der Waals surface area contributed by atoms with Gasteiger partial charge in [-0.3, -0.25) is 0 Å². The number of anilines is 3. The lowest BCUT2D eigenvalue weighted by Crippen LogP contribution is -2.22. The molecule has 0 unspecified atom stereocenters. The third kappa shape index (κ3) is 2.50. The highest BCUT2D eigenvalue weighted by Gasteiger charge is 2.29. The van der Waals surface area contributed by atoms with Gasteiger partial charge in [0.15, 0.2) is 0 Å². The molecule has 1 aliphatic heterocycles. The molecule has 0 aliphatic carbocycles. The Morgan fingerprint density at radius 2 is 1.17 bits per heavy atom. The van der Waals surface area contributed by atoms with E-state index in [1.165, 1.54) is 9.79 Å². The Balaban J connectivity index is 2.00. The summed E-state index contributed by atoms with van der Waals surface area (Å²) in [6, 6.07) is 24.9. The molecule has 3 heteroatoms. The van der Waals surface area contributed by atoms with E-state index in [0.717, 1.165) is 22.6 Å². The van der Waals surface area contributed by atoms with Crippen LogP contribution in [0.2, 0.25) is 0 Å². The van der Waals surface area contributed by atoms with Crippen LogP contribution in [0.25, 0.3) is 0 Å². The normalized spacial score (nSPS) is 13.4. The van der Waals surface area contributed by atoms with Gasteiger partial charge in [-0.05, 0) is 44.2 Å². The number of hydrogen-bond acceptors (Lipinski definition) is 3. The number of benzene rings is 3. The molecule has 0 saturated heterocycles. The summed E-state index contributed by atoms with van der Waals surface area (Å²) in [4.78, 5) is 4.71. The molecule has 3 aromatic carbocycles. The minimum absolute atomic E-state index is 0.912. The smallest absolute Gasteiger partial charge is 0.0860 e. The SMILES string of the molecule is CC(C)(O)c1ccccc1N1c2ccccc2Sc2ccccc21. The van der Waals surface area contributed by atoms with Crippen LogP contribution in [0.15, 0.2) is 82.6 Å². The maximum absolute atomic E-state index is 10.7. The quantitative estimate of drug-likeness (QED) is 0.498.